The fourth-order valence-electron chi connectivity index (χ4n) is 12.6. The fraction of sp³-hybridized carbons (Fsp3) is 0. The molecule has 0 aliphatic carbocycles. The summed E-state index contributed by atoms with van der Waals surface area (Å²) >= 11 is -19.9. The van der Waals surface area contributed by atoms with Crippen LogP contribution in [0.25, 0.3) is 0 Å². The van der Waals surface area contributed by atoms with Gasteiger partial charge >= 0.3 is 468 Å². The summed E-state index contributed by atoms with van der Waals surface area (Å²) in [5, 5.41) is 0. The molecule has 0 aliphatic rings. The van der Waals surface area contributed by atoms with Crippen LogP contribution < -0.4 is 52.2 Å². The topological polar surface area (TPSA) is 0 Å². The van der Waals surface area contributed by atoms with Crippen molar-refractivity contribution < 1.29 is 4.54 Å². The SMILES string of the molecule is c1ccc([AsH](c2ccccc2)(c2ccccc2)[Ni]([AsH](c2ccccc2)(c2ccccc2)c2ccccc2)([AsH](c2ccccc2)(c2ccccc2)c2ccccc2)[AsH](c2ccccc2)(c2ccccc2)c2ccccc2)cc1. The molecular weight excluding hydrogens is 1220 g/mol. The van der Waals surface area contributed by atoms with Crippen LogP contribution >= 0.6 is 0 Å². The summed E-state index contributed by atoms with van der Waals surface area (Å²) in [6, 6.07) is 148. The van der Waals surface area contributed by atoms with Gasteiger partial charge in [-0.2, -0.15) is 0 Å². The van der Waals surface area contributed by atoms with Crippen LogP contribution in [0.1, 0.15) is 0 Å². The first-order valence-electron chi connectivity index (χ1n) is 26.6. The van der Waals surface area contributed by atoms with Crippen molar-refractivity contribution in [3.8, 4) is 0 Å². The van der Waals surface area contributed by atoms with Crippen molar-refractivity contribution in [2.45, 2.75) is 0 Å². The van der Waals surface area contributed by atoms with E-state index < -0.39 is 51.7 Å². The van der Waals surface area contributed by atoms with Crippen molar-refractivity contribution in [1.82, 2.24) is 0 Å². The van der Waals surface area contributed by atoms with Gasteiger partial charge in [0.2, 0.25) is 0 Å². The molecule has 77 heavy (non-hydrogen) atoms. The average Bonchev–Trinajstić information content (AvgIpc) is 3.71. The molecule has 12 aromatic rings. The molecule has 0 bridgehead atoms. The summed E-state index contributed by atoms with van der Waals surface area (Å²) < 4.78 is 15.2. The summed E-state index contributed by atoms with van der Waals surface area (Å²) in [5.74, 6) is 0. The van der Waals surface area contributed by atoms with Crippen molar-refractivity contribution >= 4 is 99.4 Å². The molecule has 0 spiro atoms. The zero-order valence-electron chi connectivity index (χ0n) is 43.0. The van der Waals surface area contributed by atoms with Crippen molar-refractivity contribution in [3.05, 3.63) is 364 Å². The standard InChI is InChI=1S/4C18H16As.Ni/c4*1-4-10-16(11-5-1)19(17-12-6-2-7-13-17)18-14-8-3-9-15-18;/h4*1-15,19H;/q4*+1;-4. The van der Waals surface area contributed by atoms with E-state index in [1.165, 1.54) is 52.2 Å². The summed E-state index contributed by atoms with van der Waals surface area (Å²) in [6.07, 6.45) is 0. The van der Waals surface area contributed by atoms with Gasteiger partial charge < -0.3 is 0 Å². The van der Waals surface area contributed by atoms with Gasteiger partial charge in [0.25, 0.3) is 0 Å². The number of rotatable bonds is 16. The summed E-state index contributed by atoms with van der Waals surface area (Å²) in [6.45, 7) is 0. The minimum absolute atomic E-state index is 1.51. The van der Waals surface area contributed by atoms with Crippen molar-refractivity contribution in [2.24, 2.45) is 0 Å². The average molecular weight is 1290 g/mol. The van der Waals surface area contributed by atoms with Gasteiger partial charge in [0.05, 0.1) is 0 Å². The Balaban J connectivity index is 1.64. The van der Waals surface area contributed by atoms with Crippen LogP contribution in [0.15, 0.2) is 364 Å². The quantitative estimate of drug-likeness (QED) is 0.0871. The molecule has 12 rings (SSSR count). The molecule has 0 fully saturated rings. The molecule has 0 unspecified atom stereocenters. The second-order valence-electron chi connectivity index (χ2n) is 19.3. The Labute approximate surface area is 463 Å². The Morgan fingerprint density at radius 2 is 0.195 bits per heavy atom. The van der Waals surface area contributed by atoms with E-state index in [4.69, 9.17) is 0 Å². The number of hydrogen-bond donors (Lipinski definition) is 0. The van der Waals surface area contributed by atoms with E-state index in [1.807, 2.05) is 0 Å². The van der Waals surface area contributed by atoms with E-state index in [0.29, 0.717) is 0 Å². The van der Waals surface area contributed by atoms with Crippen LogP contribution in [0, 0.1) is 0 Å². The summed E-state index contributed by atoms with van der Waals surface area (Å²) in [5.41, 5.74) is 0. The maximum absolute atomic E-state index is 4.97. The van der Waals surface area contributed by atoms with Crippen molar-refractivity contribution in [2.75, 3.05) is 0 Å². The van der Waals surface area contributed by atoms with E-state index in [0.717, 1.165) is 0 Å². The molecule has 0 aromatic heterocycles. The third-order valence-electron chi connectivity index (χ3n) is 15.3. The molecule has 0 saturated heterocycles. The molecule has 0 N–H and O–H groups in total. The summed E-state index contributed by atoms with van der Waals surface area (Å²) in [4.78, 5) is 0. The Bertz CT molecular complexity index is 2860. The van der Waals surface area contributed by atoms with Crippen LogP contribution in [0.5, 0.6) is 0 Å². The maximum atomic E-state index is 2.63. The van der Waals surface area contributed by atoms with Gasteiger partial charge in [0.15, 0.2) is 0 Å². The Hall–Kier alpha value is -6.63. The molecule has 12 aromatic carbocycles. The van der Waals surface area contributed by atoms with Gasteiger partial charge in [-0.05, 0) is 0 Å². The molecule has 0 radical (unpaired) electrons. The minimum atomic E-state index is -4.97. The van der Waals surface area contributed by atoms with Gasteiger partial charge in [-0.15, -0.1) is 0 Å². The van der Waals surface area contributed by atoms with Crippen LogP contribution in [0.3, 0.4) is 0 Å². The van der Waals surface area contributed by atoms with Crippen LogP contribution in [-0.4, -0.2) is 47.2 Å². The zero-order chi connectivity index (χ0) is 51.9. The molecule has 0 saturated carbocycles. The second kappa shape index (κ2) is 22.8. The predicted molar refractivity (Wildman–Crippen MR) is 342 cm³/mol. The molecule has 0 amide bonds. The monoisotopic (exact) mass is 1290 g/mol. The first kappa shape index (κ1) is 51.1. The van der Waals surface area contributed by atoms with Gasteiger partial charge in [-0.3, -0.25) is 0 Å². The second-order valence-corrected chi connectivity index (χ2v) is 112. The Kier molecular flexibility index (Phi) is 15.1. The molecular formula is C72H64As4Ni. The third-order valence-corrected chi connectivity index (χ3v) is 218. The molecule has 5 heteroatoms. The Morgan fingerprint density at radius 3 is 0.273 bits per heavy atom. The fourth-order valence-corrected chi connectivity index (χ4v) is 346. The summed E-state index contributed by atoms with van der Waals surface area (Å²) in [7, 11) is 0. The van der Waals surface area contributed by atoms with Crippen molar-refractivity contribution in [3.63, 3.8) is 0 Å². The molecule has 0 nitrogen and oxygen atoms in total. The zero-order valence-corrected chi connectivity index (χ0v) is 52.3. The normalized spacial score (nSPS) is 14.0. The van der Waals surface area contributed by atoms with Crippen molar-refractivity contribution in [1.29, 1.82) is 0 Å². The van der Waals surface area contributed by atoms with Gasteiger partial charge in [0.1, 0.15) is 0 Å². The molecule has 0 atom stereocenters. The van der Waals surface area contributed by atoms with Crippen LogP contribution in [0.2, 0.25) is 0 Å². The molecule has 0 heterocycles. The van der Waals surface area contributed by atoms with E-state index in [1.54, 1.807) is 0 Å². The molecule has 0 aliphatic heterocycles. The van der Waals surface area contributed by atoms with Gasteiger partial charge in [-0.1, -0.05) is 0 Å². The van der Waals surface area contributed by atoms with E-state index in [-0.39, 0.29) is 0 Å². The van der Waals surface area contributed by atoms with Crippen LogP contribution in [0.4, 0.5) is 0 Å². The van der Waals surface area contributed by atoms with Crippen LogP contribution in [-0.2, 0) is 4.54 Å². The number of hydrogen-bond acceptors (Lipinski definition) is 0. The molecule has 382 valence electrons. The van der Waals surface area contributed by atoms with E-state index >= 15 is 0 Å². The number of benzene rings is 12. The van der Waals surface area contributed by atoms with Gasteiger partial charge in [0, 0.05) is 0 Å². The third kappa shape index (κ3) is 8.08. The van der Waals surface area contributed by atoms with Gasteiger partial charge in [-0.25, -0.2) is 0 Å². The van der Waals surface area contributed by atoms with E-state index in [9.17, 15) is 0 Å². The first-order valence-corrected chi connectivity index (χ1v) is 52.1. The Morgan fingerprint density at radius 1 is 0.117 bits per heavy atom. The van der Waals surface area contributed by atoms with E-state index in [2.05, 4.69) is 364 Å². The first-order chi connectivity index (χ1) is 38.3. The predicted octanol–water partition coefficient (Wildman–Crippen LogP) is 7.74.